The van der Waals surface area contributed by atoms with E-state index in [0.717, 1.165) is 6.42 Å². The zero-order valence-electron chi connectivity index (χ0n) is 13.6. The molecule has 3 saturated heterocycles. The highest BCUT2D eigenvalue weighted by atomic mass is 16.7. The summed E-state index contributed by atoms with van der Waals surface area (Å²) in [6.45, 7) is 7.85. The smallest absolute Gasteiger partial charge is 0.275 e. The van der Waals surface area contributed by atoms with E-state index in [1.165, 1.54) is 4.90 Å². The van der Waals surface area contributed by atoms with Crippen LogP contribution in [0.3, 0.4) is 0 Å². The fourth-order valence-electron chi connectivity index (χ4n) is 3.88. The van der Waals surface area contributed by atoms with Crippen molar-refractivity contribution in [1.82, 2.24) is 9.80 Å². The van der Waals surface area contributed by atoms with Crippen LogP contribution in [0.1, 0.15) is 40.5 Å². The molecule has 0 unspecified atom stereocenters. The Morgan fingerprint density at radius 1 is 1.32 bits per heavy atom. The lowest BCUT2D eigenvalue weighted by Gasteiger charge is -2.49. The molecule has 0 radical (unpaired) electrons. The molecule has 0 aromatic heterocycles. The number of nitrogens with two attached hydrogens (primary N) is 1. The molecule has 22 heavy (non-hydrogen) atoms. The first-order valence-corrected chi connectivity index (χ1v) is 8.00. The normalized spacial score (nSPS) is 41.6. The predicted octanol–water partition coefficient (Wildman–Crippen LogP) is -0.168. The van der Waals surface area contributed by atoms with Crippen LogP contribution in [0.25, 0.3) is 0 Å². The van der Waals surface area contributed by atoms with E-state index in [9.17, 15) is 14.7 Å². The van der Waals surface area contributed by atoms with Crippen LogP contribution in [0.4, 0.5) is 0 Å². The molecule has 2 amide bonds. The Labute approximate surface area is 130 Å². The monoisotopic (exact) mass is 311 g/mol. The summed E-state index contributed by atoms with van der Waals surface area (Å²) in [5.74, 6) is -2.89. The van der Waals surface area contributed by atoms with Crippen LogP contribution < -0.4 is 5.73 Å². The molecule has 3 N–H and O–H groups in total. The summed E-state index contributed by atoms with van der Waals surface area (Å²) < 4.78 is 5.77. The van der Waals surface area contributed by atoms with Crippen LogP contribution in [0.2, 0.25) is 0 Å². The molecule has 3 aliphatic rings. The van der Waals surface area contributed by atoms with Gasteiger partial charge >= 0.3 is 0 Å². The average Bonchev–Trinajstić information content (AvgIpc) is 2.97. The SMILES string of the molecule is CC(C)[C@H]1C(=O)N2CCC[C@H]2[C@]2(O)O[C@](N)(C(C)C)C(=O)N12. The maximum atomic E-state index is 12.9. The molecule has 3 fully saturated rings. The van der Waals surface area contributed by atoms with Crippen molar-refractivity contribution in [1.29, 1.82) is 0 Å². The van der Waals surface area contributed by atoms with Crippen molar-refractivity contribution in [3.8, 4) is 0 Å². The summed E-state index contributed by atoms with van der Waals surface area (Å²) in [6, 6.07) is -1.28. The van der Waals surface area contributed by atoms with Gasteiger partial charge in [-0.2, -0.15) is 0 Å². The van der Waals surface area contributed by atoms with E-state index in [1.54, 1.807) is 18.7 Å². The molecule has 0 saturated carbocycles. The van der Waals surface area contributed by atoms with Gasteiger partial charge in [-0.3, -0.25) is 25.0 Å². The van der Waals surface area contributed by atoms with Crippen LogP contribution >= 0.6 is 0 Å². The standard InChI is InChI=1S/C15H25N3O4/c1-8(2)11-12(19)17-7-5-6-10(17)15(21)18(11)13(20)14(16,22-15)9(3)4/h8-11,21H,5-7,16H2,1-4H3/t10-,11-,14+,15-/m0/s1. The van der Waals surface area contributed by atoms with Gasteiger partial charge in [0.15, 0.2) is 0 Å². The highest BCUT2D eigenvalue weighted by Crippen LogP contribution is 2.47. The molecule has 0 aromatic carbocycles. The molecule has 0 spiro atoms. The van der Waals surface area contributed by atoms with Crippen molar-refractivity contribution in [2.24, 2.45) is 17.6 Å². The summed E-state index contributed by atoms with van der Waals surface area (Å²) >= 11 is 0. The van der Waals surface area contributed by atoms with E-state index in [2.05, 4.69) is 0 Å². The Morgan fingerprint density at radius 2 is 1.95 bits per heavy atom. The first-order valence-electron chi connectivity index (χ1n) is 8.00. The van der Waals surface area contributed by atoms with Crippen molar-refractivity contribution in [2.75, 3.05) is 6.54 Å². The Balaban J connectivity index is 2.13. The molecule has 4 atom stereocenters. The third-order valence-corrected chi connectivity index (χ3v) is 5.21. The van der Waals surface area contributed by atoms with Crippen LogP contribution in [0.5, 0.6) is 0 Å². The summed E-state index contributed by atoms with van der Waals surface area (Å²) in [5.41, 5.74) is 4.58. The van der Waals surface area contributed by atoms with E-state index < -0.39 is 29.6 Å². The molecule has 0 bridgehead atoms. The predicted molar refractivity (Wildman–Crippen MR) is 78.0 cm³/mol. The van der Waals surface area contributed by atoms with Crippen LogP contribution in [-0.2, 0) is 14.3 Å². The highest BCUT2D eigenvalue weighted by molar-refractivity contribution is 5.95. The van der Waals surface area contributed by atoms with Gasteiger partial charge in [-0.15, -0.1) is 0 Å². The van der Waals surface area contributed by atoms with Gasteiger partial charge in [-0.1, -0.05) is 27.7 Å². The first kappa shape index (κ1) is 15.7. The number of hydrogen-bond donors (Lipinski definition) is 2. The molecule has 124 valence electrons. The summed E-state index contributed by atoms with van der Waals surface area (Å²) in [5, 5.41) is 11.2. The number of amides is 2. The molecular formula is C15H25N3O4. The number of aliphatic hydroxyl groups is 1. The lowest BCUT2D eigenvalue weighted by Crippen LogP contribution is -2.72. The largest absolute Gasteiger partial charge is 0.347 e. The molecule has 7 heteroatoms. The first-order chi connectivity index (χ1) is 10.1. The van der Waals surface area contributed by atoms with Crippen LogP contribution in [-0.4, -0.2) is 57.0 Å². The molecule has 0 aromatic rings. The number of carbonyl (C=O) groups is 2. The number of rotatable bonds is 2. The van der Waals surface area contributed by atoms with Gasteiger partial charge in [-0.25, -0.2) is 0 Å². The number of carbonyl (C=O) groups excluding carboxylic acids is 2. The Morgan fingerprint density at radius 3 is 2.50 bits per heavy atom. The molecule has 3 aliphatic heterocycles. The van der Waals surface area contributed by atoms with E-state index in [4.69, 9.17) is 10.5 Å². The lowest BCUT2D eigenvalue weighted by atomic mass is 9.93. The van der Waals surface area contributed by atoms with Crippen LogP contribution in [0.15, 0.2) is 0 Å². The topological polar surface area (TPSA) is 96.1 Å². The van der Waals surface area contributed by atoms with Gasteiger partial charge in [-0.05, 0) is 18.8 Å². The minimum atomic E-state index is -1.82. The minimum Gasteiger partial charge on any atom is -0.347 e. The van der Waals surface area contributed by atoms with Gasteiger partial charge in [0.25, 0.3) is 11.8 Å². The maximum absolute atomic E-state index is 12.9. The quantitative estimate of drug-likeness (QED) is 0.738. The lowest BCUT2D eigenvalue weighted by molar-refractivity contribution is -0.320. The second-order valence-corrected chi connectivity index (χ2v) is 7.26. The fourth-order valence-corrected chi connectivity index (χ4v) is 3.88. The van der Waals surface area contributed by atoms with E-state index in [0.29, 0.717) is 13.0 Å². The highest BCUT2D eigenvalue weighted by Gasteiger charge is 2.70. The van der Waals surface area contributed by atoms with Gasteiger partial charge in [0.1, 0.15) is 12.1 Å². The molecule has 3 heterocycles. The Kier molecular flexibility index (Phi) is 3.33. The summed E-state index contributed by atoms with van der Waals surface area (Å²) in [7, 11) is 0. The van der Waals surface area contributed by atoms with Gasteiger partial charge in [0, 0.05) is 12.5 Å². The van der Waals surface area contributed by atoms with Crippen molar-refractivity contribution in [3.63, 3.8) is 0 Å². The minimum absolute atomic E-state index is 0.118. The molecular weight excluding hydrogens is 286 g/mol. The third-order valence-electron chi connectivity index (χ3n) is 5.21. The van der Waals surface area contributed by atoms with Crippen molar-refractivity contribution in [3.05, 3.63) is 0 Å². The van der Waals surface area contributed by atoms with Gasteiger partial charge in [0.2, 0.25) is 11.6 Å². The number of fused-ring (bicyclic) bond motifs is 3. The van der Waals surface area contributed by atoms with Crippen molar-refractivity contribution in [2.45, 2.75) is 64.3 Å². The fraction of sp³-hybridized carbons (Fsp3) is 0.867. The van der Waals surface area contributed by atoms with E-state index in [1.807, 2.05) is 13.8 Å². The summed E-state index contributed by atoms with van der Waals surface area (Å²) in [4.78, 5) is 28.6. The van der Waals surface area contributed by atoms with Crippen molar-refractivity contribution < 1.29 is 19.4 Å². The molecule has 7 nitrogen and oxygen atoms in total. The second kappa shape index (κ2) is 4.66. The van der Waals surface area contributed by atoms with E-state index >= 15 is 0 Å². The van der Waals surface area contributed by atoms with Crippen molar-refractivity contribution >= 4 is 11.8 Å². The zero-order valence-corrected chi connectivity index (χ0v) is 13.6. The third kappa shape index (κ3) is 1.73. The van der Waals surface area contributed by atoms with Crippen LogP contribution in [0, 0.1) is 11.8 Å². The Hall–Kier alpha value is -1.18. The Bertz CT molecular complexity index is 523. The number of nitrogens with zero attached hydrogens (tertiary/aromatic N) is 2. The number of piperazine rings is 1. The van der Waals surface area contributed by atoms with E-state index in [-0.39, 0.29) is 17.7 Å². The average molecular weight is 311 g/mol. The maximum Gasteiger partial charge on any atom is 0.275 e. The second-order valence-electron chi connectivity index (χ2n) is 7.26. The van der Waals surface area contributed by atoms with Gasteiger partial charge < -0.3 is 10.0 Å². The number of ether oxygens (including phenoxy) is 1. The number of hydrogen-bond acceptors (Lipinski definition) is 5. The summed E-state index contributed by atoms with van der Waals surface area (Å²) in [6.07, 6.45) is 1.39. The zero-order chi connectivity index (χ0) is 16.4. The molecule has 0 aliphatic carbocycles. The molecule has 3 rings (SSSR count). The van der Waals surface area contributed by atoms with Gasteiger partial charge in [0.05, 0.1) is 0 Å².